The highest BCUT2D eigenvalue weighted by molar-refractivity contribution is 5.91. The number of ether oxygens (including phenoxy) is 2. The second kappa shape index (κ2) is 17.0. The van der Waals surface area contributed by atoms with Crippen molar-refractivity contribution in [1.82, 2.24) is 40.4 Å². The summed E-state index contributed by atoms with van der Waals surface area (Å²) in [5.41, 5.74) is 5.81. The molecule has 4 heterocycles. The maximum Gasteiger partial charge on any atom is 0.407 e. The SMILES string of the molecule is COC(=O)N[C@H](C(=O)N1C[C@@H](C#N)C[C@H]1c1ncc(-c2ccc3cc(-c4ccc(-c5cnc([C@@H]6CC7(CC7)CN6C(=O)[C@@H](NC(=O)OC)C(C)C)[nH]5)cc4)ccc3c2)[nH]1)C(C)C. The second-order valence-electron chi connectivity index (χ2n) is 17.7. The molecule has 2 aromatic heterocycles. The molecule has 2 saturated heterocycles. The molecular formula is C47H53N9O6. The fraction of sp³-hybridized carbons (Fsp3) is 0.426. The van der Waals surface area contributed by atoms with Gasteiger partial charge in [0, 0.05) is 18.7 Å². The molecule has 3 fully saturated rings. The highest BCUT2D eigenvalue weighted by Gasteiger charge is 2.55. The molecule has 4 amide bonds. The van der Waals surface area contributed by atoms with E-state index in [9.17, 15) is 24.4 Å². The molecule has 15 nitrogen and oxygen atoms in total. The number of rotatable bonds is 11. The molecule has 5 aromatic rings. The molecule has 3 aromatic carbocycles. The van der Waals surface area contributed by atoms with Gasteiger partial charge in [-0.15, -0.1) is 0 Å². The number of hydrogen-bond donors (Lipinski definition) is 4. The Morgan fingerprint density at radius 1 is 0.726 bits per heavy atom. The first-order valence-corrected chi connectivity index (χ1v) is 21.2. The number of carbonyl (C=O) groups excluding carboxylic acids is 4. The smallest absolute Gasteiger partial charge is 0.407 e. The number of fused-ring (bicyclic) bond motifs is 1. The number of carbonyl (C=O) groups is 4. The van der Waals surface area contributed by atoms with Crippen molar-refractivity contribution in [2.75, 3.05) is 27.3 Å². The summed E-state index contributed by atoms with van der Waals surface area (Å²) in [5.74, 6) is 0.262. The first-order valence-electron chi connectivity index (χ1n) is 21.2. The first-order chi connectivity index (χ1) is 29.8. The van der Waals surface area contributed by atoms with Crippen LogP contribution in [0.5, 0.6) is 0 Å². The minimum absolute atomic E-state index is 0.112. The van der Waals surface area contributed by atoms with Crippen LogP contribution in [-0.2, 0) is 19.1 Å². The van der Waals surface area contributed by atoms with E-state index in [0.717, 1.165) is 69.5 Å². The van der Waals surface area contributed by atoms with Crippen LogP contribution in [-0.4, -0.2) is 93.1 Å². The molecule has 0 radical (unpaired) electrons. The van der Waals surface area contributed by atoms with E-state index in [4.69, 9.17) is 14.5 Å². The number of nitriles is 1. The van der Waals surface area contributed by atoms with Crippen LogP contribution >= 0.6 is 0 Å². The largest absolute Gasteiger partial charge is 0.453 e. The van der Waals surface area contributed by atoms with Crippen LogP contribution in [0.2, 0.25) is 0 Å². The zero-order valence-corrected chi connectivity index (χ0v) is 35.9. The van der Waals surface area contributed by atoms with E-state index < -0.39 is 30.3 Å². The van der Waals surface area contributed by atoms with Gasteiger partial charge in [0.2, 0.25) is 11.8 Å². The van der Waals surface area contributed by atoms with Crippen molar-refractivity contribution in [3.05, 3.63) is 84.7 Å². The molecule has 8 rings (SSSR count). The Labute approximate surface area is 360 Å². The third-order valence-electron chi connectivity index (χ3n) is 12.8. The van der Waals surface area contributed by atoms with E-state index in [1.807, 2.05) is 44.9 Å². The Morgan fingerprint density at radius 3 is 1.77 bits per heavy atom. The third kappa shape index (κ3) is 8.33. The molecule has 4 N–H and O–H groups in total. The van der Waals surface area contributed by atoms with Crippen molar-refractivity contribution in [1.29, 1.82) is 5.26 Å². The molecular weight excluding hydrogens is 787 g/mol. The van der Waals surface area contributed by atoms with Crippen LogP contribution in [0.1, 0.15) is 77.1 Å². The summed E-state index contributed by atoms with van der Waals surface area (Å²) in [6.45, 7) is 8.43. The van der Waals surface area contributed by atoms with E-state index >= 15 is 0 Å². The van der Waals surface area contributed by atoms with E-state index in [0.29, 0.717) is 18.8 Å². The van der Waals surface area contributed by atoms with Gasteiger partial charge in [-0.3, -0.25) is 9.59 Å². The Bertz CT molecular complexity index is 2530. The third-order valence-corrected chi connectivity index (χ3v) is 12.8. The lowest BCUT2D eigenvalue weighted by atomic mass is 9.98. The molecule has 1 spiro atoms. The van der Waals surface area contributed by atoms with E-state index in [-0.39, 0.29) is 47.6 Å². The Morgan fingerprint density at radius 2 is 1.23 bits per heavy atom. The molecule has 322 valence electrons. The summed E-state index contributed by atoms with van der Waals surface area (Å²) in [5, 5.41) is 17.3. The molecule has 15 heteroatoms. The van der Waals surface area contributed by atoms with Crippen molar-refractivity contribution in [2.45, 2.75) is 77.5 Å². The molecule has 0 bridgehead atoms. The van der Waals surface area contributed by atoms with E-state index in [1.54, 1.807) is 11.1 Å². The fourth-order valence-electron chi connectivity index (χ4n) is 9.00. The average Bonchev–Trinajstić information content (AvgIpc) is 3.78. The molecule has 1 aliphatic carbocycles. The minimum Gasteiger partial charge on any atom is -0.453 e. The number of amides is 4. The maximum absolute atomic E-state index is 13.9. The topological polar surface area (TPSA) is 198 Å². The number of benzene rings is 3. The quantitative estimate of drug-likeness (QED) is 0.104. The number of likely N-dealkylation sites (tertiary alicyclic amines) is 2. The number of nitrogens with zero attached hydrogens (tertiary/aromatic N) is 5. The molecule has 3 aliphatic rings. The van der Waals surface area contributed by atoms with Gasteiger partial charge in [-0.1, -0.05) is 76.2 Å². The van der Waals surface area contributed by atoms with Crippen molar-refractivity contribution in [3.8, 4) is 39.7 Å². The number of imidazole rings is 2. The van der Waals surface area contributed by atoms with Crippen LogP contribution in [0.3, 0.4) is 0 Å². The van der Waals surface area contributed by atoms with Crippen molar-refractivity contribution in [3.63, 3.8) is 0 Å². The van der Waals surface area contributed by atoms with Gasteiger partial charge in [-0.2, -0.15) is 5.26 Å². The van der Waals surface area contributed by atoms with Crippen molar-refractivity contribution in [2.24, 2.45) is 23.2 Å². The van der Waals surface area contributed by atoms with Gasteiger partial charge in [0.25, 0.3) is 0 Å². The summed E-state index contributed by atoms with van der Waals surface area (Å²) in [6, 6.07) is 21.1. The van der Waals surface area contributed by atoms with Gasteiger partial charge >= 0.3 is 12.2 Å². The highest BCUT2D eigenvalue weighted by atomic mass is 16.5. The fourth-order valence-corrected chi connectivity index (χ4v) is 9.00. The predicted molar refractivity (Wildman–Crippen MR) is 232 cm³/mol. The van der Waals surface area contributed by atoms with Crippen LogP contribution in [0.15, 0.2) is 73.1 Å². The van der Waals surface area contributed by atoms with Crippen LogP contribution in [0.25, 0.3) is 44.4 Å². The van der Waals surface area contributed by atoms with Crippen LogP contribution in [0.4, 0.5) is 9.59 Å². The number of alkyl carbamates (subject to hydrolysis) is 2. The number of nitrogens with one attached hydrogen (secondary N) is 4. The number of aromatic nitrogens is 4. The zero-order chi connectivity index (χ0) is 43.9. The average molecular weight is 840 g/mol. The van der Waals surface area contributed by atoms with Crippen LogP contribution < -0.4 is 10.6 Å². The van der Waals surface area contributed by atoms with Crippen molar-refractivity contribution >= 4 is 34.8 Å². The molecule has 5 atom stereocenters. The normalized spacial score (nSPS) is 20.0. The van der Waals surface area contributed by atoms with E-state index in [2.05, 4.69) is 86.3 Å². The first kappa shape index (κ1) is 42.0. The number of methoxy groups -OCH3 is 2. The second-order valence-corrected chi connectivity index (χ2v) is 17.7. The van der Waals surface area contributed by atoms with Gasteiger partial charge in [0.05, 0.1) is 62.1 Å². The molecule has 1 saturated carbocycles. The lowest BCUT2D eigenvalue weighted by Crippen LogP contribution is -2.51. The van der Waals surface area contributed by atoms with Gasteiger partial charge in [0.1, 0.15) is 23.7 Å². The number of aromatic amines is 2. The Hall–Kier alpha value is -6.69. The Kier molecular flexibility index (Phi) is 11.5. The minimum atomic E-state index is -0.809. The molecule has 62 heavy (non-hydrogen) atoms. The maximum atomic E-state index is 13.9. The number of hydrogen-bond acceptors (Lipinski definition) is 9. The van der Waals surface area contributed by atoms with Gasteiger partial charge in [0.15, 0.2) is 0 Å². The lowest BCUT2D eigenvalue weighted by molar-refractivity contribution is -0.136. The lowest BCUT2D eigenvalue weighted by Gasteiger charge is -2.30. The van der Waals surface area contributed by atoms with Crippen LogP contribution in [0, 0.1) is 34.5 Å². The van der Waals surface area contributed by atoms with Crippen molar-refractivity contribution < 1.29 is 28.7 Å². The van der Waals surface area contributed by atoms with Gasteiger partial charge in [-0.05, 0) is 82.5 Å². The zero-order valence-electron chi connectivity index (χ0n) is 35.9. The molecule has 2 aliphatic heterocycles. The summed E-state index contributed by atoms with van der Waals surface area (Å²) in [6.07, 6.45) is 5.70. The summed E-state index contributed by atoms with van der Waals surface area (Å²) >= 11 is 0. The Balaban J connectivity index is 0.962. The monoisotopic (exact) mass is 839 g/mol. The van der Waals surface area contributed by atoms with Gasteiger partial charge < -0.3 is 39.9 Å². The summed E-state index contributed by atoms with van der Waals surface area (Å²) in [7, 11) is 2.56. The standard InChI is InChI=1S/C47H53N9O6/c1-26(2)39(53-45(59)61-5)43(57)55-24-28(21-48)17-37(55)41-49-23-36(52-41)34-14-13-32-18-31(11-12-33(32)19-34)29-7-9-30(10-8-29)35-22-50-42(51-35)38-20-47(15-16-47)25-56(38)44(58)40(27(3)4)54-46(60)62-6/h7-14,18-19,22-23,26-28,37-40H,15-17,20,24-25H2,1-6H3,(H,49,52)(H,50,51)(H,53,59)(H,54,60)/t28-,37+,38+,39+,40+/m1/s1. The highest BCUT2D eigenvalue weighted by Crippen LogP contribution is 2.58. The number of H-pyrrole nitrogens is 2. The van der Waals surface area contributed by atoms with Gasteiger partial charge in [-0.25, -0.2) is 19.6 Å². The predicted octanol–water partition coefficient (Wildman–Crippen LogP) is 7.51. The van der Waals surface area contributed by atoms with E-state index in [1.165, 1.54) is 14.2 Å². The summed E-state index contributed by atoms with van der Waals surface area (Å²) < 4.78 is 9.58. The summed E-state index contributed by atoms with van der Waals surface area (Å²) in [4.78, 5) is 71.7. The molecule has 0 unspecified atom stereocenters.